The number of amides is 2. The van der Waals surface area contributed by atoms with E-state index in [0.29, 0.717) is 17.2 Å². The van der Waals surface area contributed by atoms with Crippen molar-refractivity contribution in [2.75, 3.05) is 39.7 Å². The molecule has 0 radical (unpaired) electrons. The SMILES string of the molecule is COc1cccc(NC(=O)CN(C)C(=O)COC(=O)c2cc(C)ccc2OC)c1. The van der Waals surface area contributed by atoms with Gasteiger partial charge in [-0.05, 0) is 31.2 Å². The predicted octanol–water partition coefficient (Wildman–Crippen LogP) is 2.27. The van der Waals surface area contributed by atoms with Crippen LogP contribution in [0, 0.1) is 6.92 Å². The van der Waals surface area contributed by atoms with Crippen molar-refractivity contribution in [3.63, 3.8) is 0 Å². The van der Waals surface area contributed by atoms with E-state index in [-0.39, 0.29) is 18.0 Å². The lowest BCUT2D eigenvalue weighted by atomic mass is 10.1. The van der Waals surface area contributed by atoms with E-state index in [0.717, 1.165) is 5.56 Å². The fraction of sp³-hybridized carbons (Fsp3) is 0.286. The third-order valence-electron chi connectivity index (χ3n) is 4.06. The number of methoxy groups -OCH3 is 2. The Kier molecular flexibility index (Phi) is 7.59. The summed E-state index contributed by atoms with van der Waals surface area (Å²) in [7, 11) is 4.43. The zero-order valence-electron chi connectivity index (χ0n) is 16.9. The van der Waals surface area contributed by atoms with Crippen LogP contribution in [0.25, 0.3) is 0 Å². The minimum absolute atomic E-state index is 0.193. The first kappa shape index (κ1) is 21.7. The van der Waals surface area contributed by atoms with E-state index in [2.05, 4.69) is 5.32 Å². The number of carbonyl (C=O) groups is 3. The van der Waals surface area contributed by atoms with Crippen LogP contribution in [0.4, 0.5) is 5.69 Å². The predicted molar refractivity (Wildman–Crippen MR) is 107 cm³/mol. The quantitative estimate of drug-likeness (QED) is 0.683. The molecule has 8 heteroatoms. The summed E-state index contributed by atoms with van der Waals surface area (Å²) in [5, 5.41) is 2.68. The molecular weight excluding hydrogens is 376 g/mol. The molecule has 0 atom stereocenters. The van der Waals surface area contributed by atoms with Gasteiger partial charge in [0.25, 0.3) is 5.91 Å². The smallest absolute Gasteiger partial charge is 0.342 e. The van der Waals surface area contributed by atoms with Gasteiger partial charge in [-0.1, -0.05) is 17.7 Å². The molecule has 0 aromatic heterocycles. The van der Waals surface area contributed by atoms with Gasteiger partial charge in [-0.2, -0.15) is 0 Å². The summed E-state index contributed by atoms with van der Waals surface area (Å²) in [6, 6.07) is 11.9. The summed E-state index contributed by atoms with van der Waals surface area (Å²) < 4.78 is 15.3. The summed E-state index contributed by atoms with van der Waals surface area (Å²) >= 11 is 0. The van der Waals surface area contributed by atoms with Crippen molar-refractivity contribution in [3.8, 4) is 11.5 Å². The maximum atomic E-state index is 12.3. The molecule has 0 unspecified atom stereocenters. The lowest BCUT2D eigenvalue weighted by molar-refractivity contribution is -0.136. The average molecular weight is 400 g/mol. The molecule has 0 bridgehead atoms. The van der Waals surface area contributed by atoms with Gasteiger partial charge in [0.2, 0.25) is 5.91 Å². The Morgan fingerprint density at radius 1 is 1.03 bits per heavy atom. The van der Waals surface area contributed by atoms with Crippen molar-refractivity contribution >= 4 is 23.5 Å². The zero-order valence-corrected chi connectivity index (χ0v) is 16.9. The van der Waals surface area contributed by atoms with Gasteiger partial charge in [-0.25, -0.2) is 4.79 Å². The minimum atomic E-state index is -0.673. The molecule has 2 rings (SSSR count). The van der Waals surface area contributed by atoms with Crippen molar-refractivity contribution in [1.29, 1.82) is 0 Å². The number of ether oxygens (including phenoxy) is 3. The Labute approximate surface area is 169 Å². The summed E-state index contributed by atoms with van der Waals surface area (Å²) in [6.07, 6.45) is 0. The number of likely N-dealkylation sites (N-methyl/N-ethyl adjacent to an activating group) is 1. The lowest BCUT2D eigenvalue weighted by Gasteiger charge is -2.17. The first-order valence-electron chi connectivity index (χ1n) is 8.83. The molecule has 2 amide bonds. The van der Waals surface area contributed by atoms with Gasteiger partial charge in [0.05, 0.1) is 20.8 Å². The van der Waals surface area contributed by atoms with E-state index >= 15 is 0 Å². The molecule has 0 heterocycles. The molecule has 2 aromatic rings. The normalized spacial score (nSPS) is 10.1. The maximum Gasteiger partial charge on any atom is 0.342 e. The van der Waals surface area contributed by atoms with E-state index in [9.17, 15) is 14.4 Å². The highest BCUT2D eigenvalue weighted by atomic mass is 16.5. The van der Waals surface area contributed by atoms with Crippen LogP contribution in [-0.2, 0) is 14.3 Å². The lowest BCUT2D eigenvalue weighted by Crippen LogP contribution is -2.37. The van der Waals surface area contributed by atoms with Crippen LogP contribution in [-0.4, -0.2) is 57.1 Å². The first-order valence-corrected chi connectivity index (χ1v) is 8.83. The monoisotopic (exact) mass is 400 g/mol. The van der Waals surface area contributed by atoms with E-state index in [1.807, 2.05) is 6.92 Å². The fourth-order valence-electron chi connectivity index (χ4n) is 2.50. The summed E-state index contributed by atoms with van der Waals surface area (Å²) in [6.45, 7) is 1.15. The van der Waals surface area contributed by atoms with Crippen LogP contribution in [0.15, 0.2) is 42.5 Å². The Morgan fingerprint density at radius 3 is 2.48 bits per heavy atom. The number of nitrogens with one attached hydrogen (secondary N) is 1. The molecule has 2 aromatic carbocycles. The Balaban J connectivity index is 1.87. The molecule has 0 aliphatic heterocycles. The molecule has 1 N–H and O–H groups in total. The second-order valence-corrected chi connectivity index (χ2v) is 6.31. The van der Waals surface area contributed by atoms with Crippen LogP contribution in [0.3, 0.4) is 0 Å². The highest BCUT2D eigenvalue weighted by molar-refractivity contribution is 5.96. The Bertz CT molecular complexity index is 896. The third kappa shape index (κ3) is 6.24. The van der Waals surface area contributed by atoms with Crippen LogP contribution in [0.1, 0.15) is 15.9 Å². The summed E-state index contributed by atoms with van der Waals surface area (Å²) in [4.78, 5) is 37.8. The minimum Gasteiger partial charge on any atom is -0.497 e. The number of nitrogens with zero attached hydrogens (tertiary/aromatic N) is 1. The van der Waals surface area contributed by atoms with E-state index in [1.165, 1.54) is 26.2 Å². The van der Waals surface area contributed by atoms with Crippen molar-refractivity contribution in [2.24, 2.45) is 0 Å². The molecule has 0 aliphatic rings. The highest BCUT2D eigenvalue weighted by Gasteiger charge is 2.18. The van der Waals surface area contributed by atoms with Gasteiger partial charge >= 0.3 is 5.97 Å². The molecule has 0 saturated heterocycles. The van der Waals surface area contributed by atoms with Gasteiger partial charge < -0.3 is 24.4 Å². The summed E-state index contributed by atoms with van der Waals surface area (Å²) in [5.41, 5.74) is 1.64. The third-order valence-corrected chi connectivity index (χ3v) is 4.06. The molecule has 0 fully saturated rings. The molecule has 0 spiro atoms. The second kappa shape index (κ2) is 10.1. The van der Waals surface area contributed by atoms with Crippen LogP contribution < -0.4 is 14.8 Å². The fourth-order valence-corrected chi connectivity index (χ4v) is 2.50. The van der Waals surface area contributed by atoms with Crippen LogP contribution in [0.2, 0.25) is 0 Å². The number of carbonyl (C=O) groups excluding carboxylic acids is 3. The molecule has 8 nitrogen and oxygen atoms in total. The topological polar surface area (TPSA) is 94.2 Å². The molecule has 0 aliphatic carbocycles. The molecule has 154 valence electrons. The maximum absolute atomic E-state index is 12.3. The Morgan fingerprint density at radius 2 is 1.79 bits per heavy atom. The average Bonchev–Trinajstić information content (AvgIpc) is 2.71. The number of anilines is 1. The first-order chi connectivity index (χ1) is 13.8. The number of hydrogen-bond donors (Lipinski definition) is 1. The van der Waals surface area contributed by atoms with Crippen molar-refractivity contribution in [2.45, 2.75) is 6.92 Å². The van der Waals surface area contributed by atoms with E-state index in [4.69, 9.17) is 14.2 Å². The number of hydrogen-bond acceptors (Lipinski definition) is 6. The number of benzene rings is 2. The molecule has 0 saturated carbocycles. The van der Waals surface area contributed by atoms with Gasteiger partial charge in [0.15, 0.2) is 6.61 Å². The van der Waals surface area contributed by atoms with Crippen molar-refractivity contribution in [1.82, 2.24) is 4.90 Å². The highest BCUT2D eigenvalue weighted by Crippen LogP contribution is 2.20. The van der Waals surface area contributed by atoms with Crippen molar-refractivity contribution < 1.29 is 28.6 Å². The number of aryl methyl sites for hydroxylation is 1. The van der Waals surface area contributed by atoms with Crippen LogP contribution >= 0.6 is 0 Å². The zero-order chi connectivity index (χ0) is 21.4. The standard InChI is InChI=1S/C21H24N2O6/c1-14-8-9-18(28-4)17(10-14)21(26)29-13-20(25)23(2)12-19(24)22-15-6-5-7-16(11-15)27-3/h5-11H,12-13H2,1-4H3,(H,22,24). The largest absolute Gasteiger partial charge is 0.497 e. The van der Waals surface area contributed by atoms with E-state index in [1.54, 1.807) is 42.5 Å². The van der Waals surface area contributed by atoms with Gasteiger partial charge in [0, 0.05) is 18.8 Å². The van der Waals surface area contributed by atoms with Gasteiger partial charge in [0.1, 0.15) is 17.1 Å². The van der Waals surface area contributed by atoms with Crippen molar-refractivity contribution in [3.05, 3.63) is 53.6 Å². The van der Waals surface area contributed by atoms with E-state index < -0.39 is 18.5 Å². The van der Waals surface area contributed by atoms with Crippen LogP contribution in [0.5, 0.6) is 11.5 Å². The molecule has 29 heavy (non-hydrogen) atoms. The number of esters is 1. The van der Waals surface area contributed by atoms with Gasteiger partial charge in [-0.15, -0.1) is 0 Å². The molecular formula is C21H24N2O6. The summed E-state index contributed by atoms with van der Waals surface area (Å²) in [5.74, 6) is -0.607. The number of rotatable bonds is 8. The second-order valence-electron chi connectivity index (χ2n) is 6.31. The van der Waals surface area contributed by atoms with Gasteiger partial charge in [-0.3, -0.25) is 9.59 Å². The Hall–Kier alpha value is -3.55.